The van der Waals surface area contributed by atoms with Crippen LogP contribution in [0, 0.1) is 5.41 Å². The van der Waals surface area contributed by atoms with E-state index in [1.54, 1.807) is 13.8 Å². The first-order chi connectivity index (χ1) is 14.6. The molecule has 0 aromatic carbocycles. The first-order valence-corrected chi connectivity index (χ1v) is 12.6. The summed E-state index contributed by atoms with van der Waals surface area (Å²) in [5, 5.41) is 14.2. The van der Waals surface area contributed by atoms with Crippen LogP contribution in [0.5, 0.6) is 0 Å². The van der Waals surface area contributed by atoms with Crippen molar-refractivity contribution in [1.82, 2.24) is 10.2 Å². The highest BCUT2D eigenvalue weighted by Gasteiger charge is 2.29. The molecule has 0 spiro atoms. The monoisotopic (exact) mass is 482 g/mol. The van der Waals surface area contributed by atoms with Gasteiger partial charge in [-0.3, -0.25) is 9.59 Å². The number of fused-ring (bicyclic) bond motifs is 1. The summed E-state index contributed by atoms with van der Waals surface area (Å²) in [5.41, 5.74) is 0.958. The van der Waals surface area contributed by atoms with Gasteiger partial charge in [0.25, 0.3) is 0 Å². The predicted molar refractivity (Wildman–Crippen MR) is 124 cm³/mol. The summed E-state index contributed by atoms with van der Waals surface area (Å²) in [5.74, 6) is -0.768. The Kier molecular flexibility index (Phi) is 7.38. The van der Waals surface area contributed by atoms with E-state index in [1.165, 1.54) is 34.4 Å². The molecule has 2 amide bonds. The number of aromatic nitrogens is 2. The molecule has 2 N–H and O–H groups in total. The highest BCUT2D eigenvalue weighted by atomic mass is 32.2. The Morgan fingerprint density at radius 3 is 2.58 bits per heavy atom. The minimum atomic E-state index is -0.538. The lowest BCUT2D eigenvalue weighted by atomic mass is 9.96. The fourth-order valence-corrected chi connectivity index (χ4v) is 6.09. The highest BCUT2D eigenvalue weighted by Crippen LogP contribution is 2.40. The van der Waals surface area contributed by atoms with Crippen molar-refractivity contribution in [2.45, 2.75) is 63.5 Å². The molecule has 168 valence electrons. The lowest BCUT2D eigenvalue weighted by molar-refractivity contribution is -0.123. The number of aryl methyl sites for hydroxylation is 1. The van der Waals surface area contributed by atoms with Crippen molar-refractivity contribution in [3.05, 3.63) is 16.0 Å². The van der Waals surface area contributed by atoms with Gasteiger partial charge in [-0.2, -0.15) is 0 Å². The van der Waals surface area contributed by atoms with Crippen LogP contribution >= 0.6 is 34.4 Å². The minimum absolute atomic E-state index is 0.150. The van der Waals surface area contributed by atoms with E-state index in [9.17, 15) is 14.4 Å². The van der Waals surface area contributed by atoms with Crippen molar-refractivity contribution in [2.75, 3.05) is 17.2 Å². The van der Waals surface area contributed by atoms with Crippen LogP contribution in [0.15, 0.2) is 4.34 Å². The normalized spacial score (nSPS) is 14.1. The number of ether oxygens (including phenoxy) is 1. The Morgan fingerprint density at radius 2 is 1.90 bits per heavy atom. The van der Waals surface area contributed by atoms with Gasteiger partial charge in [0.15, 0.2) is 4.34 Å². The summed E-state index contributed by atoms with van der Waals surface area (Å²) in [4.78, 5) is 38.5. The zero-order chi connectivity index (χ0) is 22.8. The van der Waals surface area contributed by atoms with Crippen LogP contribution in [0.2, 0.25) is 0 Å². The molecule has 1 atom stereocenters. The molecule has 3 rings (SSSR count). The number of carbonyl (C=O) groups is 3. The van der Waals surface area contributed by atoms with Gasteiger partial charge in [-0.1, -0.05) is 43.9 Å². The van der Waals surface area contributed by atoms with Gasteiger partial charge in [-0.25, -0.2) is 4.79 Å². The number of anilines is 2. The van der Waals surface area contributed by atoms with Crippen molar-refractivity contribution in [3.8, 4) is 0 Å². The summed E-state index contributed by atoms with van der Waals surface area (Å²) in [6.45, 7) is 9.26. The molecule has 0 saturated heterocycles. The quantitative estimate of drug-likeness (QED) is 0.342. The maximum absolute atomic E-state index is 12.8. The van der Waals surface area contributed by atoms with Crippen LogP contribution in [0.25, 0.3) is 0 Å². The Labute approximate surface area is 193 Å². The third kappa shape index (κ3) is 5.64. The molecule has 0 radical (unpaired) electrons. The van der Waals surface area contributed by atoms with Crippen molar-refractivity contribution in [2.24, 2.45) is 5.41 Å². The van der Waals surface area contributed by atoms with E-state index in [1.807, 2.05) is 20.8 Å². The van der Waals surface area contributed by atoms with Crippen molar-refractivity contribution in [1.29, 1.82) is 0 Å². The van der Waals surface area contributed by atoms with Crippen LogP contribution < -0.4 is 10.6 Å². The number of carbonyl (C=O) groups excluding carboxylic acids is 3. The first kappa shape index (κ1) is 23.7. The second-order valence-corrected chi connectivity index (χ2v) is 11.8. The zero-order valence-electron chi connectivity index (χ0n) is 18.2. The summed E-state index contributed by atoms with van der Waals surface area (Å²) in [6, 6.07) is 0. The molecule has 1 aliphatic rings. The standard InChI is InChI=1S/C20H26N4O4S3/c1-6-28-16(26)13-11-8-7-9-12(11)30-15(13)21-14(25)10(2)29-19-24-23-18(31-19)22-17(27)20(3,4)5/h10H,6-9H2,1-5H3,(H,21,25)(H,22,23,27)/t10-/m0/s1. The molecule has 2 aromatic heterocycles. The maximum atomic E-state index is 12.8. The lowest BCUT2D eigenvalue weighted by Gasteiger charge is -2.15. The number of hydrogen-bond acceptors (Lipinski definition) is 9. The van der Waals surface area contributed by atoms with Crippen LogP contribution in [-0.4, -0.2) is 39.8 Å². The van der Waals surface area contributed by atoms with Crippen molar-refractivity contribution >= 4 is 62.4 Å². The van der Waals surface area contributed by atoms with E-state index in [-0.39, 0.29) is 24.4 Å². The molecule has 11 heteroatoms. The van der Waals surface area contributed by atoms with E-state index in [0.29, 0.717) is 20.0 Å². The van der Waals surface area contributed by atoms with Gasteiger partial charge in [0.2, 0.25) is 16.9 Å². The number of amides is 2. The van der Waals surface area contributed by atoms with Crippen LogP contribution in [0.4, 0.5) is 10.1 Å². The average Bonchev–Trinajstić information content (AvgIpc) is 3.37. The van der Waals surface area contributed by atoms with Gasteiger partial charge in [-0.05, 0) is 38.7 Å². The summed E-state index contributed by atoms with van der Waals surface area (Å²) in [7, 11) is 0. The van der Waals surface area contributed by atoms with Gasteiger partial charge >= 0.3 is 5.97 Å². The molecule has 2 aromatic rings. The number of esters is 1. The van der Waals surface area contributed by atoms with E-state index in [4.69, 9.17) is 4.74 Å². The number of thioether (sulfide) groups is 1. The average molecular weight is 483 g/mol. The van der Waals surface area contributed by atoms with Gasteiger partial charge in [-0.15, -0.1) is 21.5 Å². The van der Waals surface area contributed by atoms with E-state index in [0.717, 1.165) is 29.7 Å². The first-order valence-electron chi connectivity index (χ1n) is 10.0. The summed E-state index contributed by atoms with van der Waals surface area (Å²) in [6.07, 6.45) is 2.76. The fourth-order valence-electron chi connectivity index (χ4n) is 2.92. The minimum Gasteiger partial charge on any atom is -0.462 e. The topological polar surface area (TPSA) is 110 Å². The zero-order valence-corrected chi connectivity index (χ0v) is 20.6. The molecule has 0 bridgehead atoms. The van der Waals surface area contributed by atoms with Crippen molar-refractivity contribution in [3.63, 3.8) is 0 Å². The number of rotatable bonds is 7. The lowest BCUT2D eigenvalue weighted by Crippen LogP contribution is -2.27. The fraction of sp³-hybridized carbons (Fsp3) is 0.550. The Hall–Kier alpha value is -1.98. The van der Waals surface area contributed by atoms with E-state index in [2.05, 4.69) is 20.8 Å². The third-order valence-corrected chi connectivity index (χ3v) is 7.82. The van der Waals surface area contributed by atoms with Gasteiger partial charge in [0.05, 0.1) is 17.4 Å². The Balaban J connectivity index is 1.66. The highest BCUT2D eigenvalue weighted by molar-refractivity contribution is 8.02. The maximum Gasteiger partial charge on any atom is 0.341 e. The predicted octanol–water partition coefficient (Wildman–Crippen LogP) is 4.37. The second kappa shape index (κ2) is 9.66. The van der Waals surface area contributed by atoms with E-state index < -0.39 is 10.7 Å². The molecule has 31 heavy (non-hydrogen) atoms. The van der Waals surface area contributed by atoms with Crippen molar-refractivity contribution < 1.29 is 19.1 Å². The SMILES string of the molecule is CCOC(=O)c1c(NC(=O)[C@H](C)Sc2nnc(NC(=O)C(C)(C)C)s2)sc2c1CCC2. The molecule has 2 heterocycles. The number of thiophene rings is 1. The summed E-state index contributed by atoms with van der Waals surface area (Å²) >= 11 is 3.93. The number of nitrogens with one attached hydrogen (secondary N) is 2. The molecular formula is C20H26N4O4S3. The van der Waals surface area contributed by atoms with Crippen LogP contribution in [0.3, 0.4) is 0 Å². The smallest absolute Gasteiger partial charge is 0.341 e. The molecule has 0 unspecified atom stereocenters. The van der Waals surface area contributed by atoms with Gasteiger partial charge < -0.3 is 15.4 Å². The third-order valence-electron chi connectivity index (χ3n) is 4.59. The van der Waals surface area contributed by atoms with E-state index >= 15 is 0 Å². The number of nitrogens with zero attached hydrogens (tertiary/aromatic N) is 2. The van der Waals surface area contributed by atoms with Gasteiger partial charge in [0, 0.05) is 10.3 Å². The van der Waals surface area contributed by atoms with Crippen LogP contribution in [0.1, 0.15) is 61.8 Å². The molecule has 0 saturated carbocycles. The molecule has 1 aliphatic carbocycles. The Bertz CT molecular complexity index is 993. The second-order valence-electron chi connectivity index (χ2n) is 8.11. The Morgan fingerprint density at radius 1 is 1.16 bits per heavy atom. The molecule has 0 aliphatic heterocycles. The number of hydrogen-bond donors (Lipinski definition) is 2. The largest absolute Gasteiger partial charge is 0.462 e. The molecule has 0 fully saturated rings. The molecule has 8 nitrogen and oxygen atoms in total. The van der Waals surface area contributed by atoms with Gasteiger partial charge in [0.1, 0.15) is 5.00 Å². The summed E-state index contributed by atoms with van der Waals surface area (Å²) < 4.78 is 5.78. The molecular weight excluding hydrogens is 456 g/mol. The van der Waals surface area contributed by atoms with Crippen LogP contribution in [-0.2, 0) is 27.2 Å².